The topological polar surface area (TPSA) is 83.5 Å². The number of carbonyl (C=O) groups is 2. The number of hydrazone groups is 1. The van der Waals surface area contributed by atoms with Crippen LogP contribution in [0.1, 0.15) is 24.2 Å². The molecule has 0 aromatic heterocycles. The van der Waals surface area contributed by atoms with Crippen LogP contribution in [0.15, 0.2) is 66.0 Å². The number of nitrogens with zero attached hydrogens (tertiary/aromatic N) is 3. The van der Waals surface area contributed by atoms with E-state index in [1.165, 1.54) is 11.8 Å². The molecule has 8 nitrogen and oxygen atoms in total. The first-order valence-electron chi connectivity index (χ1n) is 10.4. The molecule has 0 aliphatic carbocycles. The molecule has 0 saturated heterocycles. The summed E-state index contributed by atoms with van der Waals surface area (Å²) in [5.74, 6) is 1.52. The van der Waals surface area contributed by atoms with Crippen molar-refractivity contribution in [3.8, 4) is 11.5 Å². The molecule has 32 heavy (non-hydrogen) atoms. The molecule has 2 aliphatic rings. The van der Waals surface area contributed by atoms with Gasteiger partial charge in [-0.25, -0.2) is 0 Å². The Morgan fingerprint density at radius 3 is 2.25 bits per heavy atom. The molecule has 0 bridgehead atoms. The number of Topliss-reactive ketones (excluding diaryl/α,β-unsaturated/α-hetero) is 1. The molecule has 2 aromatic rings. The fraction of sp³-hybridized carbons (Fsp3) is 0.261. The number of amidine groups is 1. The first kappa shape index (κ1) is 21.8. The number of hydrogen-bond donors (Lipinski definition) is 1. The van der Waals surface area contributed by atoms with Crippen LogP contribution in [0.25, 0.3) is 0 Å². The highest BCUT2D eigenvalue weighted by Gasteiger charge is 2.38. The molecule has 1 amide bonds. The number of carbonyl (C=O) groups excluding carboxylic acids is 2. The lowest BCUT2D eigenvalue weighted by molar-refractivity contribution is -0.122. The molecule has 2 aromatic carbocycles. The molecule has 1 atom stereocenters. The fourth-order valence-corrected chi connectivity index (χ4v) is 4.18. The second-order valence-corrected chi connectivity index (χ2v) is 7.88. The van der Waals surface area contributed by atoms with E-state index in [2.05, 4.69) is 10.5 Å². The maximum absolute atomic E-state index is 13.0. The van der Waals surface area contributed by atoms with Crippen molar-refractivity contribution >= 4 is 34.3 Å². The van der Waals surface area contributed by atoms with Crippen LogP contribution in [0.2, 0.25) is 0 Å². The number of benzene rings is 2. The number of thioether (sulfide) groups is 1. The minimum Gasteiger partial charge on any atom is -0.494 e. The second kappa shape index (κ2) is 9.78. The number of rotatable bonds is 8. The van der Waals surface area contributed by atoms with Crippen LogP contribution >= 0.6 is 11.8 Å². The molecule has 4 rings (SSSR count). The molecule has 1 N–H and O–H groups in total. The fourth-order valence-electron chi connectivity index (χ4n) is 3.32. The van der Waals surface area contributed by atoms with Gasteiger partial charge in [0, 0.05) is 23.7 Å². The van der Waals surface area contributed by atoms with Crippen molar-refractivity contribution in [1.82, 2.24) is 10.3 Å². The first-order chi connectivity index (χ1) is 15.6. The summed E-state index contributed by atoms with van der Waals surface area (Å²) in [6.45, 7) is 5.00. The van der Waals surface area contributed by atoms with Gasteiger partial charge in [0.2, 0.25) is 6.17 Å². The predicted octanol–water partition coefficient (Wildman–Crippen LogP) is 3.42. The van der Waals surface area contributed by atoms with Gasteiger partial charge >= 0.3 is 0 Å². The zero-order valence-electron chi connectivity index (χ0n) is 17.9. The Morgan fingerprint density at radius 1 is 1.00 bits per heavy atom. The molecule has 2 heterocycles. The van der Waals surface area contributed by atoms with Gasteiger partial charge in [-0.3, -0.25) is 24.8 Å². The SMILES string of the molecule is CCOc1ccc(C(=O)CSC2=NNC3C(=O)N(c4ccc(OCC)cc4)C=CN23)cc1. The quantitative estimate of drug-likeness (QED) is 0.615. The number of fused-ring (bicyclic) bond motifs is 1. The van der Waals surface area contributed by atoms with Gasteiger partial charge in [-0.15, -0.1) is 0 Å². The van der Waals surface area contributed by atoms with Gasteiger partial charge in [0.25, 0.3) is 5.91 Å². The van der Waals surface area contributed by atoms with Gasteiger partial charge in [0.15, 0.2) is 11.0 Å². The number of hydrogen-bond acceptors (Lipinski definition) is 8. The summed E-state index contributed by atoms with van der Waals surface area (Å²) in [6.07, 6.45) is 2.84. The second-order valence-electron chi connectivity index (χ2n) is 6.94. The molecule has 2 aliphatic heterocycles. The molecule has 0 radical (unpaired) electrons. The Morgan fingerprint density at radius 2 is 1.62 bits per heavy atom. The Kier molecular flexibility index (Phi) is 6.65. The van der Waals surface area contributed by atoms with E-state index in [9.17, 15) is 9.59 Å². The Labute approximate surface area is 190 Å². The third-order valence-electron chi connectivity index (χ3n) is 4.87. The van der Waals surface area contributed by atoms with Gasteiger partial charge in [-0.2, -0.15) is 5.10 Å². The Balaban J connectivity index is 1.37. The molecule has 0 fully saturated rings. The maximum atomic E-state index is 13.0. The van der Waals surface area contributed by atoms with E-state index in [4.69, 9.17) is 9.47 Å². The van der Waals surface area contributed by atoms with Gasteiger partial charge in [0.1, 0.15) is 11.5 Å². The van der Waals surface area contributed by atoms with Crippen molar-refractivity contribution in [2.75, 3.05) is 23.9 Å². The van der Waals surface area contributed by atoms with E-state index in [0.717, 1.165) is 17.2 Å². The normalized spacial score (nSPS) is 17.0. The van der Waals surface area contributed by atoms with E-state index in [1.54, 1.807) is 46.5 Å². The van der Waals surface area contributed by atoms with E-state index in [-0.39, 0.29) is 17.4 Å². The molecule has 0 spiro atoms. The molecule has 9 heteroatoms. The van der Waals surface area contributed by atoms with Crippen LogP contribution in [0, 0.1) is 0 Å². The van der Waals surface area contributed by atoms with Crippen molar-refractivity contribution in [2.24, 2.45) is 5.10 Å². The predicted molar refractivity (Wildman–Crippen MR) is 125 cm³/mol. The summed E-state index contributed by atoms with van der Waals surface area (Å²) in [5.41, 5.74) is 4.22. The summed E-state index contributed by atoms with van der Waals surface area (Å²) in [6, 6.07) is 14.4. The van der Waals surface area contributed by atoms with E-state index in [0.29, 0.717) is 23.9 Å². The third-order valence-corrected chi connectivity index (χ3v) is 5.84. The Bertz CT molecular complexity index is 1040. The van der Waals surface area contributed by atoms with Crippen LogP contribution in [-0.2, 0) is 4.79 Å². The van der Waals surface area contributed by atoms with Gasteiger partial charge in [-0.1, -0.05) is 11.8 Å². The van der Waals surface area contributed by atoms with Crippen molar-refractivity contribution in [1.29, 1.82) is 0 Å². The lowest BCUT2D eigenvalue weighted by Gasteiger charge is -2.31. The number of anilines is 1. The lowest BCUT2D eigenvalue weighted by atomic mass is 10.1. The summed E-state index contributed by atoms with van der Waals surface area (Å²) < 4.78 is 10.9. The number of ether oxygens (including phenoxy) is 2. The largest absolute Gasteiger partial charge is 0.494 e. The van der Waals surface area contributed by atoms with E-state index < -0.39 is 6.17 Å². The van der Waals surface area contributed by atoms with Gasteiger partial charge in [-0.05, 0) is 62.4 Å². The minimum atomic E-state index is -0.644. The number of nitrogens with one attached hydrogen (secondary N) is 1. The Hall–Kier alpha value is -3.46. The summed E-state index contributed by atoms with van der Waals surface area (Å²) in [4.78, 5) is 28.8. The zero-order chi connectivity index (χ0) is 22.5. The van der Waals surface area contributed by atoms with Crippen LogP contribution in [0.3, 0.4) is 0 Å². The minimum absolute atomic E-state index is 0.0208. The summed E-state index contributed by atoms with van der Waals surface area (Å²) in [7, 11) is 0. The van der Waals surface area contributed by atoms with Crippen LogP contribution in [0.5, 0.6) is 11.5 Å². The van der Waals surface area contributed by atoms with Crippen molar-refractivity contribution < 1.29 is 19.1 Å². The molecule has 0 saturated carbocycles. The van der Waals surface area contributed by atoms with E-state index in [1.807, 2.05) is 38.1 Å². The zero-order valence-corrected chi connectivity index (χ0v) is 18.7. The van der Waals surface area contributed by atoms with Gasteiger partial charge in [0.05, 0.1) is 19.0 Å². The smallest absolute Gasteiger partial charge is 0.276 e. The monoisotopic (exact) mass is 452 g/mol. The molecule has 166 valence electrons. The number of ketones is 1. The highest BCUT2D eigenvalue weighted by Crippen LogP contribution is 2.27. The molecular weight excluding hydrogens is 428 g/mol. The van der Waals surface area contributed by atoms with Crippen molar-refractivity contribution in [3.05, 3.63) is 66.5 Å². The van der Waals surface area contributed by atoms with Gasteiger partial charge < -0.3 is 9.47 Å². The standard InChI is InChI=1S/C23H24N4O4S/c1-3-30-18-9-5-16(6-10-18)20(28)15-32-23-25-24-21-22(29)26(13-14-27(21)23)17-7-11-19(12-8-17)31-4-2/h5-14,21,24H,3-4,15H2,1-2H3. The first-order valence-corrected chi connectivity index (χ1v) is 11.3. The van der Waals surface area contributed by atoms with Crippen LogP contribution in [0.4, 0.5) is 5.69 Å². The summed E-state index contributed by atoms with van der Waals surface area (Å²) in [5, 5.41) is 4.84. The molecular formula is C23H24N4O4S. The van der Waals surface area contributed by atoms with Crippen LogP contribution < -0.4 is 19.8 Å². The highest BCUT2D eigenvalue weighted by atomic mass is 32.2. The van der Waals surface area contributed by atoms with Crippen LogP contribution in [-0.4, -0.2) is 46.9 Å². The van der Waals surface area contributed by atoms with Crippen molar-refractivity contribution in [3.63, 3.8) is 0 Å². The lowest BCUT2D eigenvalue weighted by Crippen LogP contribution is -2.52. The van der Waals surface area contributed by atoms with E-state index >= 15 is 0 Å². The third kappa shape index (κ3) is 4.57. The average Bonchev–Trinajstić information content (AvgIpc) is 3.23. The summed E-state index contributed by atoms with van der Waals surface area (Å²) >= 11 is 1.29. The highest BCUT2D eigenvalue weighted by molar-refractivity contribution is 8.14. The average molecular weight is 453 g/mol. The van der Waals surface area contributed by atoms with Crippen molar-refractivity contribution in [2.45, 2.75) is 20.0 Å². The molecule has 1 unspecified atom stereocenters. The maximum Gasteiger partial charge on any atom is 0.276 e. The number of amides is 1.